The van der Waals surface area contributed by atoms with Gasteiger partial charge in [0.1, 0.15) is 11.5 Å². The van der Waals surface area contributed by atoms with Gasteiger partial charge in [0.15, 0.2) is 0 Å². The zero-order valence-corrected chi connectivity index (χ0v) is 11.9. The summed E-state index contributed by atoms with van der Waals surface area (Å²) in [6, 6.07) is 4.50. The van der Waals surface area contributed by atoms with Crippen LogP contribution in [-0.4, -0.2) is 39.6 Å². The average molecular weight is 268 g/mol. The maximum atomic E-state index is 5.45. The van der Waals surface area contributed by atoms with Crippen molar-refractivity contribution in [2.45, 2.75) is 17.4 Å². The lowest BCUT2D eigenvalue weighted by Crippen LogP contribution is -2.22. The van der Waals surface area contributed by atoms with Crippen molar-refractivity contribution in [2.75, 3.05) is 38.9 Å². The molecule has 0 aromatic heterocycles. The second-order valence-corrected chi connectivity index (χ2v) is 5.09. The number of methoxy groups -OCH3 is 2. The van der Waals surface area contributed by atoms with E-state index < -0.39 is 0 Å². The first kappa shape index (κ1) is 13.4. The van der Waals surface area contributed by atoms with E-state index in [9.17, 15) is 0 Å². The third-order valence-corrected chi connectivity index (χ3v) is 3.88. The van der Waals surface area contributed by atoms with E-state index in [0.717, 1.165) is 41.6 Å². The van der Waals surface area contributed by atoms with Gasteiger partial charge in [-0.25, -0.2) is 0 Å². The Morgan fingerprint density at radius 1 is 1.28 bits per heavy atom. The lowest BCUT2D eigenvalue weighted by molar-refractivity contribution is 0.395. The molecule has 0 aliphatic carbocycles. The second-order valence-electron chi connectivity index (χ2n) is 4.24. The predicted octanol–water partition coefficient (Wildman–Crippen LogP) is 2.20. The number of hydrogen-bond donors (Lipinski definition) is 2. The van der Waals surface area contributed by atoms with Gasteiger partial charge >= 0.3 is 0 Å². The van der Waals surface area contributed by atoms with Crippen molar-refractivity contribution in [3.63, 3.8) is 0 Å². The lowest BCUT2D eigenvalue weighted by Gasteiger charge is -2.18. The number of anilines is 1. The van der Waals surface area contributed by atoms with E-state index in [1.165, 1.54) is 0 Å². The highest BCUT2D eigenvalue weighted by Gasteiger charge is 2.17. The molecule has 0 amide bonds. The molecule has 1 aliphatic heterocycles. The van der Waals surface area contributed by atoms with E-state index in [-0.39, 0.29) is 0 Å². The SMILES string of the molecule is COc1cc(SC)c(OC)cc1NC1CCNC1. The van der Waals surface area contributed by atoms with Crippen LogP contribution in [0.3, 0.4) is 0 Å². The summed E-state index contributed by atoms with van der Waals surface area (Å²) < 4.78 is 10.9. The van der Waals surface area contributed by atoms with Crippen LogP contribution in [0.2, 0.25) is 0 Å². The summed E-state index contributed by atoms with van der Waals surface area (Å²) in [6.45, 7) is 2.07. The summed E-state index contributed by atoms with van der Waals surface area (Å²) in [5.74, 6) is 1.75. The van der Waals surface area contributed by atoms with Gasteiger partial charge in [-0.1, -0.05) is 0 Å². The standard InChI is InChI=1S/C13H20N2O2S/c1-16-11-7-13(18-3)12(17-2)6-10(11)15-9-4-5-14-8-9/h6-7,9,14-15H,4-5,8H2,1-3H3. The van der Waals surface area contributed by atoms with Crippen LogP contribution in [0, 0.1) is 0 Å². The number of hydrogen-bond acceptors (Lipinski definition) is 5. The molecule has 0 spiro atoms. The first-order valence-electron chi connectivity index (χ1n) is 6.05. The monoisotopic (exact) mass is 268 g/mol. The molecule has 1 heterocycles. The Bertz CT molecular complexity index is 406. The Balaban J connectivity index is 2.26. The highest BCUT2D eigenvalue weighted by Crippen LogP contribution is 2.37. The van der Waals surface area contributed by atoms with Gasteiger partial charge in [-0.15, -0.1) is 11.8 Å². The molecule has 18 heavy (non-hydrogen) atoms. The van der Waals surface area contributed by atoms with Gasteiger partial charge in [-0.05, 0) is 25.3 Å². The van der Waals surface area contributed by atoms with Gasteiger partial charge in [0, 0.05) is 18.7 Å². The summed E-state index contributed by atoms with van der Waals surface area (Å²) in [7, 11) is 3.40. The molecule has 1 aromatic carbocycles. The minimum absolute atomic E-state index is 0.462. The molecule has 0 bridgehead atoms. The van der Waals surface area contributed by atoms with Crippen molar-refractivity contribution in [1.29, 1.82) is 0 Å². The Kier molecular flexibility index (Phi) is 4.60. The molecule has 1 fully saturated rings. The van der Waals surface area contributed by atoms with Crippen molar-refractivity contribution in [3.8, 4) is 11.5 Å². The molecule has 0 radical (unpaired) electrons. The van der Waals surface area contributed by atoms with Gasteiger partial charge in [0.25, 0.3) is 0 Å². The average Bonchev–Trinajstić information content (AvgIpc) is 2.91. The Labute approximate surface area is 112 Å². The highest BCUT2D eigenvalue weighted by atomic mass is 32.2. The van der Waals surface area contributed by atoms with Gasteiger partial charge in [-0.2, -0.15) is 0 Å². The van der Waals surface area contributed by atoms with Crippen LogP contribution >= 0.6 is 11.8 Å². The minimum atomic E-state index is 0.462. The number of thioether (sulfide) groups is 1. The zero-order valence-electron chi connectivity index (χ0n) is 11.1. The Hall–Kier alpha value is -1.07. The Morgan fingerprint density at radius 2 is 2.06 bits per heavy atom. The molecule has 2 N–H and O–H groups in total. The van der Waals surface area contributed by atoms with E-state index in [2.05, 4.69) is 10.6 Å². The van der Waals surface area contributed by atoms with Crippen molar-refractivity contribution in [1.82, 2.24) is 5.32 Å². The number of rotatable bonds is 5. The number of nitrogens with one attached hydrogen (secondary N) is 2. The lowest BCUT2D eigenvalue weighted by atomic mass is 10.2. The van der Waals surface area contributed by atoms with Gasteiger partial charge in [-0.3, -0.25) is 0 Å². The molecular formula is C13H20N2O2S. The fourth-order valence-corrected chi connectivity index (χ4v) is 2.71. The van der Waals surface area contributed by atoms with Gasteiger partial charge < -0.3 is 20.1 Å². The van der Waals surface area contributed by atoms with Gasteiger partial charge in [0.05, 0.1) is 24.8 Å². The van der Waals surface area contributed by atoms with Crippen molar-refractivity contribution >= 4 is 17.4 Å². The first-order chi connectivity index (χ1) is 8.78. The van der Waals surface area contributed by atoms with Crippen LogP contribution in [0.5, 0.6) is 11.5 Å². The predicted molar refractivity (Wildman–Crippen MR) is 76.2 cm³/mol. The Morgan fingerprint density at radius 3 is 2.61 bits per heavy atom. The minimum Gasteiger partial charge on any atom is -0.496 e. The normalized spacial score (nSPS) is 18.7. The summed E-state index contributed by atoms with van der Waals surface area (Å²) in [6.07, 6.45) is 3.17. The van der Waals surface area contributed by atoms with Crippen molar-refractivity contribution in [3.05, 3.63) is 12.1 Å². The summed E-state index contributed by atoms with van der Waals surface area (Å²) in [5.41, 5.74) is 1.00. The van der Waals surface area contributed by atoms with Crippen molar-refractivity contribution < 1.29 is 9.47 Å². The maximum Gasteiger partial charge on any atom is 0.143 e. The summed E-state index contributed by atoms with van der Waals surface area (Å²) in [4.78, 5) is 1.09. The number of benzene rings is 1. The summed E-state index contributed by atoms with van der Waals surface area (Å²) >= 11 is 1.66. The van der Waals surface area contributed by atoms with Crippen LogP contribution < -0.4 is 20.1 Å². The molecule has 1 aliphatic rings. The molecule has 1 aromatic rings. The third-order valence-electron chi connectivity index (χ3n) is 3.13. The fraction of sp³-hybridized carbons (Fsp3) is 0.538. The van der Waals surface area contributed by atoms with E-state index in [4.69, 9.17) is 9.47 Å². The van der Waals surface area contributed by atoms with E-state index >= 15 is 0 Å². The topological polar surface area (TPSA) is 42.5 Å². The third kappa shape index (κ3) is 2.84. The van der Waals surface area contributed by atoms with Crippen LogP contribution in [0.4, 0.5) is 5.69 Å². The van der Waals surface area contributed by atoms with Crippen LogP contribution in [0.15, 0.2) is 17.0 Å². The zero-order chi connectivity index (χ0) is 13.0. The van der Waals surface area contributed by atoms with Crippen molar-refractivity contribution in [2.24, 2.45) is 0 Å². The molecule has 1 saturated heterocycles. The smallest absolute Gasteiger partial charge is 0.143 e. The molecule has 5 heteroatoms. The largest absolute Gasteiger partial charge is 0.496 e. The molecule has 0 saturated carbocycles. The summed E-state index contributed by atoms with van der Waals surface area (Å²) in [5, 5.41) is 6.85. The van der Waals surface area contributed by atoms with E-state index in [0.29, 0.717) is 6.04 Å². The van der Waals surface area contributed by atoms with Crippen LogP contribution in [0.25, 0.3) is 0 Å². The maximum absolute atomic E-state index is 5.45. The fourth-order valence-electron chi connectivity index (χ4n) is 2.14. The molecular weight excluding hydrogens is 248 g/mol. The molecule has 2 rings (SSSR count). The number of ether oxygens (including phenoxy) is 2. The first-order valence-corrected chi connectivity index (χ1v) is 7.28. The van der Waals surface area contributed by atoms with Crippen LogP contribution in [-0.2, 0) is 0 Å². The van der Waals surface area contributed by atoms with E-state index in [1.807, 2.05) is 18.4 Å². The molecule has 1 atom stereocenters. The highest BCUT2D eigenvalue weighted by molar-refractivity contribution is 7.98. The van der Waals surface area contributed by atoms with E-state index in [1.54, 1.807) is 26.0 Å². The van der Waals surface area contributed by atoms with Gasteiger partial charge in [0.2, 0.25) is 0 Å². The molecule has 100 valence electrons. The molecule has 1 unspecified atom stereocenters. The van der Waals surface area contributed by atoms with Crippen LogP contribution in [0.1, 0.15) is 6.42 Å². The quantitative estimate of drug-likeness (QED) is 0.801. The molecule has 4 nitrogen and oxygen atoms in total. The second kappa shape index (κ2) is 6.20.